The Kier molecular flexibility index (Phi) is 11.2. The molecule has 0 unspecified atom stereocenters. The first-order valence-corrected chi connectivity index (χ1v) is 9.37. The maximum atomic E-state index is 11.9. The standard InChI is InChI=1S/C18H35NO5/c1-4-6-8-10-22-16-13-21-12-15(19)18(20)24-14(3)17(16)23-11-9-7-5-2/h14-17H,4-13,19H2,1-3H3/t14-,15-,16-,17-/m0/s1. The molecule has 4 atom stereocenters. The van der Waals surface area contributed by atoms with Crippen LogP contribution < -0.4 is 5.73 Å². The van der Waals surface area contributed by atoms with Gasteiger partial charge in [-0.05, 0) is 19.8 Å². The highest BCUT2D eigenvalue weighted by Crippen LogP contribution is 2.17. The molecule has 0 spiro atoms. The van der Waals surface area contributed by atoms with Crippen molar-refractivity contribution >= 4 is 5.97 Å². The lowest BCUT2D eigenvalue weighted by Crippen LogP contribution is -2.45. The number of carbonyl (C=O) groups is 1. The van der Waals surface area contributed by atoms with E-state index < -0.39 is 18.1 Å². The van der Waals surface area contributed by atoms with E-state index in [0.717, 1.165) is 38.5 Å². The Hall–Kier alpha value is -0.690. The minimum Gasteiger partial charge on any atom is -0.459 e. The number of carbonyl (C=O) groups excluding carboxylic acids is 1. The van der Waals surface area contributed by atoms with E-state index in [1.807, 2.05) is 6.92 Å². The van der Waals surface area contributed by atoms with Gasteiger partial charge < -0.3 is 24.7 Å². The van der Waals surface area contributed by atoms with E-state index in [2.05, 4.69) is 13.8 Å². The summed E-state index contributed by atoms with van der Waals surface area (Å²) in [5.74, 6) is -0.448. The summed E-state index contributed by atoms with van der Waals surface area (Å²) in [6, 6.07) is -0.757. The van der Waals surface area contributed by atoms with E-state index >= 15 is 0 Å². The maximum Gasteiger partial charge on any atom is 0.325 e. The molecule has 0 bridgehead atoms. The Labute approximate surface area is 146 Å². The molecule has 1 fully saturated rings. The van der Waals surface area contributed by atoms with Crippen LogP contribution in [0.4, 0.5) is 0 Å². The molecule has 0 aromatic carbocycles. The SMILES string of the molecule is CCCCCO[C@H]1[C@H](C)OC(=O)[C@@H](N)COC[C@@H]1OCCCCC. The number of esters is 1. The second-order valence-electron chi connectivity index (χ2n) is 6.44. The fourth-order valence-electron chi connectivity index (χ4n) is 2.66. The second kappa shape index (κ2) is 12.6. The molecule has 142 valence electrons. The number of cyclic esters (lactones) is 1. The first kappa shape index (κ1) is 21.4. The van der Waals surface area contributed by atoms with Gasteiger partial charge in [0.25, 0.3) is 0 Å². The monoisotopic (exact) mass is 345 g/mol. The second-order valence-corrected chi connectivity index (χ2v) is 6.44. The molecule has 0 saturated carbocycles. The van der Waals surface area contributed by atoms with Gasteiger partial charge in [0.15, 0.2) is 0 Å². The molecule has 1 saturated heterocycles. The molecule has 0 radical (unpaired) electrons. The lowest BCUT2D eigenvalue weighted by molar-refractivity contribution is -0.167. The maximum absolute atomic E-state index is 11.9. The van der Waals surface area contributed by atoms with Gasteiger partial charge in [-0.25, -0.2) is 0 Å². The molecule has 0 aromatic heterocycles. The third-order valence-electron chi connectivity index (χ3n) is 4.15. The number of unbranched alkanes of at least 4 members (excludes halogenated alkanes) is 4. The quantitative estimate of drug-likeness (QED) is 0.484. The molecular weight excluding hydrogens is 310 g/mol. The highest BCUT2D eigenvalue weighted by Gasteiger charge is 2.34. The molecule has 0 aliphatic carbocycles. The fourth-order valence-corrected chi connectivity index (χ4v) is 2.66. The van der Waals surface area contributed by atoms with Gasteiger partial charge in [-0.2, -0.15) is 0 Å². The van der Waals surface area contributed by atoms with E-state index in [-0.39, 0.29) is 18.8 Å². The molecule has 1 aliphatic rings. The smallest absolute Gasteiger partial charge is 0.325 e. The fraction of sp³-hybridized carbons (Fsp3) is 0.944. The minimum atomic E-state index is -0.757. The third kappa shape index (κ3) is 7.92. The van der Waals surface area contributed by atoms with Crippen molar-refractivity contribution in [2.24, 2.45) is 5.73 Å². The van der Waals surface area contributed by atoms with Gasteiger partial charge in [-0.15, -0.1) is 0 Å². The van der Waals surface area contributed by atoms with Crippen LogP contribution in [0.2, 0.25) is 0 Å². The highest BCUT2D eigenvalue weighted by atomic mass is 16.6. The molecule has 6 nitrogen and oxygen atoms in total. The topological polar surface area (TPSA) is 80.0 Å². The van der Waals surface area contributed by atoms with Gasteiger partial charge in [0.2, 0.25) is 0 Å². The predicted molar refractivity (Wildman–Crippen MR) is 92.9 cm³/mol. The van der Waals surface area contributed by atoms with Gasteiger partial charge in [-0.3, -0.25) is 4.79 Å². The van der Waals surface area contributed by atoms with Crippen LogP contribution in [0.1, 0.15) is 59.3 Å². The van der Waals surface area contributed by atoms with E-state index in [1.54, 1.807) is 0 Å². The van der Waals surface area contributed by atoms with Crippen molar-refractivity contribution < 1.29 is 23.7 Å². The number of hydrogen-bond donors (Lipinski definition) is 1. The average molecular weight is 345 g/mol. The zero-order chi connectivity index (χ0) is 17.8. The van der Waals surface area contributed by atoms with E-state index in [9.17, 15) is 4.79 Å². The van der Waals surface area contributed by atoms with Crippen LogP contribution in [0, 0.1) is 0 Å². The van der Waals surface area contributed by atoms with Crippen LogP contribution in [0.25, 0.3) is 0 Å². The molecular formula is C18H35NO5. The molecule has 1 aliphatic heterocycles. The molecule has 24 heavy (non-hydrogen) atoms. The summed E-state index contributed by atoms with van der Waals surface area (Å²) in [7, 11) is 0. The van der Waals surface area contributed by atoms with Gasteiger partial charge in [0.05, 0.1) is 13.2 Å². The Balaban J connectivity index is 2.67. The summed E-state index contributed by atoms with van der Waals surface area (Å²) in [6.07, 6.45) is 5.50. The van der Waals surface area contributed by atoms with Gasteiger partial charge >= 0.3 is 5.97 Å². The first-order chi connectivity index (χ1) is 11.6. The number of nitrogens with two attached hydrogens (primary N) is 1. The number of ether oxygens (including phenoxy) is 4. The third-order valence-corrected chi connectivity index (χ3v) is 4.15. The van der Waals surface area contributed by atoms with E-state index in [4.69, 9.17) is 24.7 Å². The summed E-state index contributed by atoms with van der Waals surface area (Å²) in [6.45, 7) is 7.93. The molecule has 1 rings (SSSR count). The first-order valence-electron chi connectivity index (χ1n) is 9.37. The zero-order valence-corrected chi connectivity index (χ0v) is 15.5. The lowest BCUT2D eigenvalue weighted by atomic mass is 10.1. The van der Waals surface area contributed by atoms with Crippen molar-refractivity contribution in [2.45, 2.75) is 83.6 Å². The number of hydrogen-bond acceptors (Lipinski definition) is 6. The Morgan fingerprint density at radius 3 is 2.29 bits per heavy atom. The summed E-state index contributed by atoms with van der Waals surface area (Å²) < 4.78 is 23.1. The Morgan fingerprint density at radius 2 is 1.67 bits per heavy atom. The van der Waals surface area contributed by atoms with Crippen molar-refractivity contribution in [3.05, 3.63) is 0 Å². The van der Waals surface area contributed by atoms with Crippen molar-refractivity contribution in [3.63, 3.8) is 0 Å². The van der Waals surface area contributed by atoms with Crippen molar-refractivity contribution in [2.75, 3.05) is 26.4 Å². The Morgan fingerprint density at radius 1 is 1.04 bits per heavy atom. The van der Waals surface area contributed by atoms with E-state index in [0.29, 0.717) is 19.8 Å². The lowest BCUT2D eigenvalue weighted by Gasteiger charge is -2.30. The van der Waals surface area contributed by atoms with Crippen LogP contribution in [0.5, 0.6) is 0 Å². The molecule has 1 heterocycles. The average Bonchev–Trinajstić information content (AvgIpc) is 2.60. The van der Waals surface area contributed by atoms with Gasteiger partial charge in [-0.1, -0.05) is 39.5 Å². The minimum absolute atomic E-state index is 0.142. The van der Waals surface area contributed by atoms with Crippen molar-refractivity contribution in [3.8, 4) is 0 Å². The van der Waals surface area contributed by atoms with Gasteiger partial charge in [0.1, 0.15) is 24.4 Å². The van der Waals surface area contributed by atoms with Crippen molar-refractivity contribution in [1.29, 1.82) is 0 Å². The van der Waals surface area contributed by atoms with Crippen LogP contribution in [-0.4, -0.2) is 56.8 Å². The van der Waals surface area contributed by atoms with E-state index in [1.165, 1.54) is 0 Å². The Bertz CT molecular complexity index is 339. The molecule has 2 N–H and O–H groups in total. The van der Waals surface area contributed by atoms with Crippen LogP contribution in [0.3, 0.4) is 0 Å². The summed E-state index contributed by atoms with van der Waals surface area (Å²) in [4.78, 5) is 11.9. The molecule has 6 heteroatoms. The molecule has 0 amide bonds. The van der Waals surface area contributed by atoms with Crippen LogP contribution >= 0.6 is 0 Å². The van der Waals surface area contributed by atoms with Crippen LogP contribution in [0.15, 0.2) is 0 Å². The normalized spacial score (nSPS) is 28.8. The summed E-state index contributed by atoms with van der Waals surface area (Å²) in [5.41, 5.74) is 5.77. The number of rotatable bonds is 10. The van der Waals surface area contributed by atoms with Crippen LogP contribution in [-0.2, 0) is 23.7 Å². The van der Waals surface area contributed by atoms with Gasteiger partial charge in [0, 0.05) is 13.2 Å². The summed E-state index contributed by atoms with van der Waals surface area (Å²) in [5, 5.41) is 0. The highest BCUT2D eigenvalue weighted by molar-refractivity contribution is 5.75. The van der Waals surface area contributed by atoms with Crippen molar-refractivity contribution in [1.82, 2.24) is 0 Å². The predicted octanol–water partition coefficient (Wildman–Crippen LogP) is 2.43. The largest absolute Gasteiger partial charge is 0.459 e. The summed E-state index contributed by atoms with van der Waals surface area (Å²) >= 11 is 0. The zero-order valence-electron chi connectivity index (χ0n) is 15.5. The molecule has 0 aromatic rings.